The van der Waals surface area contributed by atoms with E-state index in [1.54, 1.807) is 7.05 Å². The highest BCUT2D eigenvalue weighted by Crippen LogP contribution is 2.13. The molecule has 1 atom stereocenters. The van der Waals surface area contributed by atoms with Gasteiger partial charge >= 0.3 is 0 Å². The monoisotopic (exact) mass is 139 g/mol. The molecule has 0 spiro atoms. The van der Waals surface area contributed by atoms with Crippen molar-refractivity contribution in [2.45, 2.75) is 12.6 Å². The maximum atomic E-state index is 5.71. The lowest BCUT2D eigenvalue weighted by molar-refractivity contribution is 0.284. The molecule has 10 heavy (non-hydrogen) atoms. The standard InChI is InChI=1S/C7H13N3/c1-10(9)7(8)6-4-2-3-5-6/h2-4,7H,5,8-9H2,1H3. The Kier molecular flexibility index (Phi) is 2.21. The zero-order chi connectivity index (χ0) is 7.56. The molecule has 1 aliphatic carbocycles. The van der Waals surface area contributed by atoms with Crippen LogP contribution >= 0.6 is 0 Å². The molecule has 0 aromatic heterocycles. The van der Waals surface area contributed by atoms with E-state index in [1.165, 1.54) is 10.6 Å². The Hall–Kier alpha value is -0.640. The van der Waals surface area contributed by atoms with E-state index in [4.69, 9.17) is 11.6 Å². The molecule has 0 aromatic carbocycles. The first-order valence-electron chi connectivity index (χ1n) is 3.30. The fraction of sp³-hybridized carbons (Fsp3) is 0.429. The lowest BCUT2D eigenvalue weighted by Gasteiger charge is -2.19. The summed E-state index contributed by atoms with van der Waals surface area (Å²) in [6, 6.07) is 0. The van der Waals surface area contributed by atoms with Gasteiger partial charge in [-0.1, -0.05) is 18.2 Å². The third kappa shape index (κ3) is 1.44. The molecule has 0 heterocycles. The van der Waals surface area contributed by atoms with E-state index in [1.807, 2.05) is 12.2 Å². The fourth-order valence-corrected chi connectivity index (χ4v) is 0.945. The molecular formula is C7H13N3. The van der Waals surface area contributed by atoms with Crippen LogP contribution in [0.4, 0.5) is 0 Å². The molecule has 1 unspecified atom stereocenters. The third-order valence-electron chi connectivity index (χ3n) is 1.62. The highest BCUT2D eigenvalue weighted by molar-refractivity contribution is 5.26. The summed E-state index contributed by atoms with van der Waals surface area (Å²) in [5, 5.41) is 1.51. The lowest BCUT2D eigenvalue weighted by atomic mass is 10.2. The SMILES string of the molecule is CN(N)C(N)C1=CC=CC1. The summed E-state index contributed by atoms with van der Waals surface area (Å²) in [4.78, 5) is 0. The smallest absolute Gasteiger partial charge is 0.0927 e. The maximum Gasteiger partial charge on any atom is 0.0927 e. The van der Waals surface area contributed by atoms with Gasteiger partial charge in [-0.15, -0.1) is 0 Å². The zero-order valence-electron chi connectivity index (χ0n) is 6.12. The Morgan fingerprint density at radius 1 is 1.70 bits per heavy atom. The molecule has 0 amide bonds. The molecule has 4 N–H and O–H groups in total. The summed E-state index contributed by atoms with van der Waals surface area (Å²) in [5.41, 5.74) is 6.89. The number of hydrazine groups is 1. The Balaban J connectivity index is 2.50. The first-order chi connectivity index (χ1) is 4.72. The number of likely N-dealkylation sites (N-methyl/N-ethyl adjacent to an activating group) is 1. The van der Waals surface area contributed by atoms with Crippen LogP contribution in [0.2, 0.25) is 0 Å². The molecule has 0 aromatic rings. The first-order valence-corrected chi connectivity index (χ1v) is 3.30. The van der Waals surface area contributed by atoms with E-state index in [-0.39, 0.29) is 6.17 Å². The van der Waals surface area contributed by atoms with Crippen LogP contribution in [-0.4, -0.2) is 18.2 Å². The lowest BCUT2D eigenvalue weighted by Crippen LogP contribution is -2.44. The Morgan fingerprint density at radius 3 is 2.80 bits per heavy atom. The van der Waals surface area contributed by atoms with Crippen molar-refractivity contribution in [2.75, 3.05) is 7.05 Å². The Morgan fingerprint density at radius 2 is 2.40 bits per heavy atom. The molecule has 0 saturated heterocycles. The van der Waals surface area contributed by atoms with Crippen LogP contribution in [0.25, 0.3) is 0 Å². The van der Waals surface area contributed by atoms with Crippen molar-refractivity contribution in [1.29, 1.82) is 0 Å². The van der Waals surface area contributed by atoms with Crippen molar-refractivity contribution in [3.05, 3.63) is 23.8 Å². The molecule has 56 valence electrons. The van der Waals surface area contributed by atoms with Crippen LogP contribution in [-0.2, 0) is 0 Å². The Bertz CT molecular complexity index is 170. The average Bonchev–Trinajstić information content (AvgIpc) is 2.36. The second-order valence-corrected chi connectivity index (χ2v) is 2.48. The molecule has 0 fully saturated rings. The van der Waals surface area contributed by atoms with Gasteiger partial charge in [-0.2, -0.15) is 0 Å². The average molecular weight is 139 g/mol. The Labute approximate surface area is 61.0 Å². The number of nitrogens with two attached hydrogens (primary N) is 2. The van der Waals surface area contributed by atoms with Gasteiger partial charge in [0.25, 0.3) is 0 Å². The highest BCUT2D eigenvalue weighted by Gasteiger charge is 2.11. The normalized spacial score (nSPS) is 19.8. The predicted octanol–water partition coefficient (Wildman–Crippen LogP) is -0.0370. The summed E-state index contributed by atoms with van der Waals surface area (Å²) >= 11 is 0. The molecule has 3 heteroatoms. The van der Waals surface area contributed by atoms with Gasteiger partial charge < -0.3 is 5.73 Å². The van der Waals surface area contributed by atoms with Gasteiger partial charge in [0.2, 0.25) is 0 Å². The molecule has 0 aliphatic heterocycles. The van der Waals surface area contributed by atoms with Crippen LogP contribution in [0.1, 0.15) is 6.42 Å². The molecule has 0 bridgehead atoms. The minimum Gasteiger partial charge on any atom is -0.311 e. The van der Waals surface area contributed by atoms with Gasteiger partial charge in [0.05, 0.1) is 6.17 Å². The number of hydrogen-bond donors (Lipinski definition) is 2. The summed E-state index contributed by atoms with van der Waals surface area (Å²) in [6.45, 7) is 0. The van der Waals surface area contributed by atoms with E-state index in [2.05, 4.69) is 6.08 Å². The fourth-order valence-electron chi connectivity index (χ4n) is 0.945. The summed E-state index contributed by atoms with van der Waals surface area (Å²) in [6.07, 6.45) is 6.88. The largest absolute Gasteiger partial charge is 0.311 e. The number of allylic oxidation sites excluding steroid dienone is 3. The van der Waals surface area contributed by atoms with Gasteiger partial charge in [0.1, 0.15) is 0 Å². The second-order valence-electron chi connectivity index (χ2n) is 2.48. The quantitative estimate of drug-likeness (QED) is 0.321. The second kappa shape index (κ2) is 2.96. The van der Waals surface area contributed by atoms with Crippen LogP contribution in [0, 0.1) is 0 Å². The molecule has 0 radical (unpaired) electrons. The number of rotatable bonds is 2. The van der Waals surface area contributed by atoms with Crippen molar-refractivity contribution < 1.29 is 0 Å². The van der Waals surface area contributed by atoms with Gasteiger partial charge in [-0.3, -0.25) is 5.84 Å². The maximum absolute atomic E-state index is 5.71. The minimum absolute atomic E-state index is 0.130. The first kappa shape index (κ1) is 7.47. The molecular weight excluding hydrogens is 126 g/mol. The summed E-state index contributed by atoms with van der Waals surface area (Å²) in [5.74, 6) is 5.46. The predicted molar refractivity (Wildman–Crippen MR) is 41.8 cm³/mol. The van der Waals surface area contributed by atoms with E-state index in [0.717, 1.165) is 6.42 Å². The molecule has 3 nitrogen and oxygen atoms in total. The van der Waals surface area contributed by atoms with E-state index >= 15 is 0 Å². The van der Waals surface area contributed by atoms with Crippen molar-refractivity contribution in [2.24, 2.45) is 11.6 Å². The van der Waals surface area contributed by atoms with E-state index < -0.39 is 0 Å². The van der Waals surface area contributed by atoms with Crippen molar-refractivity contribution in [3.8, 4) is 0 Å². The van der Waals surface area contributed by atoms with Gasteiger partial charge in [0.15, 0.2) is 0 Å². The number of hydrogen-bond acceptors (Lipinski definition) is 3. The van der Waals surface area contributed by atoms with E-state index in [9.17, 15) is 0 Å². The van der Waals surface area contributed by atoms with Crippen LogP contribution < -0.4 is 11.6 Å². The van der Waals surface area contributed by atoms with Gasteiger partial charge in [-0.05, 0) is 12.0 Å². The van der Waals surface area contributed by atoms with Crippen molar-refractivity contribution in [1.82, 2.24) is 5.01 Å². The van der Waals surface area contributed by atoms with Crippen LogP contribution in [0.5, 0.6) is 0 Å². The molecule has 1 aliphatic rings. The van der Waals surface area contributed by atoms with Crippen LogP contribution in [0.3, 0.4) is 0 Å². The molecule has 1 rings (SSSR count). The minimum atomic E-state index is -0.130. The summed E-state index contributed by atoms with van der Waals surface area (Å²) < 4.78 is 0. The van der Waals surface area contributed by atoms with Crippen LogP contribution in [0.15, 0.2) is 23.8 Å². The summed E-state index contributed by atoms with van der Waals surface area (Å²) in [7, 11) is 1.77. The zero-order valence-corrected chi connectivity index (χ0v) is 6.12. The third-order valence-corrected chi connectivity index (χ3v) is 1.62. The highest BCUT2D eigenvalue weighted by atomic mass is 15.4. The van der Waals surface area contributed by atoms with Crippen molar-refractivity contribution in [3.63, 3.8) is 0 Å². The van der Waals surface area contributed by atoms with Gasteiger partial charge in [0, 0.05) is 7.05 Å². The van der Waals surface area contributed by atoms with Gasteiger partial charge in [-0.25, -0.2) is 5.01 Å². The topological polar surface area (TPSA) is 55.3 Å². The molecule has 0 saturated carbocycles. The van der Waals surface area contributed by atoms with E-state index in [0.29, 0.717) is 0 Å². The number of nitrogens with zero attached hydrogens (tertiary/aromatic N) is 1. The van der Waals surface area contributed by atoms with Crippen molar-refractivity contribution >= 4 is 0 Å².